The van der Waals surface area contributed by atoms with Crippen LogP contribution in [0.2, 0.25) is 0 Å². The van der Waals surface area contributed by atoms with Crippen molar-refractivity contribution < 1.29 is 14.0 Å². The second-order valence-corrected chi connectivity index (χ2v) is 9.16. The maximum absolute atomic E-state index is 14.9. The van der Waals surface area contributed by atoms with Gasteiger partial charge in [-0.25, -0.2) is 4.39 Å². The van der Waals surface area contributed by atoms with Crippen LogP contribution in [0.4, 0.5) is 15.8 Å². The minimum absolute atomic E-state index is 0.0814. The van der Waals surface area contributed by atoms with Crippen LogP contribution in [0, 0.1) is 11.7 Å². The first-order valence-electron chi connectivity index (χ1n) is 11.7. The molecule has 1 aliphatic carbocycles. The third kappa shape index (κ3) is 4.79. The van der Waals surface area contributed by atoms with E-state index in [2.05, 4.69) is 4.90 Å². The highest BCUT2D eigenvalue weighted by molar-refractivity contribution is 5.95. The summed E-state index contributed by atoms with van der Waals surface area (Å²) in [6, 6.07) is 5.63. The van der Waals surface area contributed by atoms with E-state index in [4.69, 9.17) is 0 Å². The van der Waals surface area contributed by atoms with Crippen molar-refractivity contribution in [3.8, 4) is 0 Å². The van der Waals surface area contributed by atoms with Crippen molar-refractivity contribution in [1.82, 2.24) is 4.90 Å². The summed E-state index contributed by atoms with van der Waals surface area (Å²) in [4.78, 5) is 29.4. The molecule has 4 rings (SSSR count). The number of amides is 2. The second kappa shape index (κ2) is 9.80. The van der Waals surface area contributed by atoms with Crippen LogP contribution in [0.25, 0.3) is 0 Å². The Bertz CT molecular complexity index is 750. The molecule has 164 valence electrons. The molecule has 0 bridgehead atoms. The topological polar surface area (TPSA) is 43.9 Å². The molecule has 1 unspecified atom stereocenters. The molecule has 3 fully saturated rings. The lowest BCUT2D eigenvalue weighted by atomic mass is 9.92. The second-order valence-electron chi connectivity index (χ2n) is 9.16. The van der Waals surface area contributed by atoms with E-state index in [1.165, 1.54) is 25.3 Å². The number of hydrogen-bond donors (Lipinski definition) is 0. The normalized spacial score (nSPS) is 23.1. The van der Waals surface area contributed by atoms with Crippen LogP contribution in [0.3, 0.4) is 0 Å². The molecule has 2 saturated heterocycles. The highest BCUT2D eigenvalue weighted by atomic mass is 19.1. The minimum Gasteiger partial charge on any atom is -0.369 e. The number of piperidine rings is 1. The van der Waals surface area contributed by atoms with Gasteiger partial charge in [-0.05, 0) is 62.6 Å². The third-order valence-corrected chi connectivity index (χ3v) is 7.15. The van der Waals surface area contributed by atoms with Gasteiger partial charge in [-0.15, -0.1) is 0 Å². The van der Waals surface area contributed by atoms with E-state index in [9.17, 15) is 14.0 Å². The summed E-state index contributed by atoms with van der Waals surface area (Å²) < 4.78 is 14.9. The van der Waals surface area contributed by atoms with E-state index in [0.29, 0.717) is 36.3 Å². The van der Waals surface area contributed by atoms with E-state index >= 15 is 0 Å². The maximum atomic E-state index is 14.9. The van der Waals surface area contributed by atoms with Gasteiger partial charge < -0.3 is 14.7 Å². The van der Waals surface area contributed by atoms with E-state index < -0.39 is 0 Å². The van der Waals surface area contributed by atoms with E-state index in [1.807, 2.05) is 17.0 Å². The average Bonchev–Trinajstić information content (AvgIpc) is 3.21. The van der Waals surface area contributed by atoms with Gasteiger partial charge in [0.05, 0.1) is 5.69 Å². The van der Waals surface area contributed by atoms with E-state index in [1.54, 1.807) is 4.90 Å². The number of hydrogen-bond acceptors (Lipinski definition) is 3. The average molecular weight is 416 g/mol. The monoisotopic (exact) mass is 415 g/mol. The molecule has 5 nitrogen and oxygen atoms in total. The van der Waals surface area contributed by atoms with Gasteiger partial charge in [-0.2, -0.15) is 0 Å². The first-order valence-corrected chi connectivity index (χ1v) is 11.7. The molecule has 1 saturated carbocycles. The minimum atomic E-state index is -0.246. The molecule has 1 aromatic carbocycles. The quantitative estimate of drug-likeness (QED) is 0.622. The molecule has 0 N–H and O–H groups in total. The predicted molar refractivity (Wildman–Crippen MR) is 117 cm³/mol. The van der Waals surface area contributed by atoms with Crippen LogP contribution < -0.4 is 9.80 Å². The summed E-state index contributed by atoms with van der Waals surface area (Å²) in [5.41, 5.74) is 1.30. The van der Waals surface area contributed by atoms with Gasteiger partial charge in [0, 0.05) is 44.3 Å². The number of benzene rings is 1. The van der Waals surface area contributed by atoms with Crippen molar-refractivity contribution in [2.75, 3.05) is 36.0 Å². The first kappa shape index (κ1) is 21.1. The van der Waals surface area contributed by atoms with Crippen LogP contribution in [0.15, 0.2) is 18.2 Å². The Hall–Kier alpha value is -2.11. The van der Waals surface area contributed by atoms with E-state index in [0.717, 1.165) is 64.6 Å². The largest absolute Gasteiger partial charge is 0.369 e. The fourth-order valence-electron chi connectivity index (χ4n) is 5.43. The molecule has 3 aliphatic rings. The summed E-state index contributed by atoms with van der Waals surface area (Å²) in [5.74, 6) is 0.312. The summed E-state index contributed by atoms with van der Waals surface area (Å²) in [6.07, 6.45) is 11.6. The maximum Gasteiger partial charge on any atom is 0.227 e. The third-order valence-electron chi connectivity index (χ3n) is 7.15. The number of rotatable bonds is 7. The van der Waals surface area contributed by atoms with Crippen molar-refractivity contribution in [1.29, 1.82) is 0 Å². The molecule has 0 aromatic heterocycles. The molecule has 1 atom stereocenters. The van der Waals surface area contributed by atoms with Crippen molar-refractivity contribution in [3.05, 3.63) is 24.0 Å². The van der Waals surface area contributed by atoms with Gasteiger partial charge in [0.15, 0.2) is 0 Å². The molecular formula is C24H34FN3O2. The fraction of sp³-hybridized carbons (Fsp3) is 0.667. The number of carbonyl (C=O) groups excluding carboxylic acids is 2. The Balaban J connectivity index is 1.35. The Kier molecular flexibility index (Phi) is 6.90. The lowest BCUT2D eigenvalue weighted by Crippen LogP contribution is -2.40. The number of anilines is 2. The Morgan fingerprint density at radius 2 is 1.90 bits per heavy atom. The highest BCUT2D eigenvalue weighted by Gasteiger charge is 2.26. The van der Waals surface area contributed by atoms with Crippen molar-refractivity contribution in [2.45, 2.75) is 70.3 Å². The Morgan fingerprint density at radius 3 is 2.60 bits per heavy atom. The van der Waals surface area contributed by atoms with Gasteiger partial charge in [0.25, 0.3) is 0 Å². The highest BCUT2D eigenvalue weighted by Crippen LogP contribution is 2.31. The zero-order valence-electron chi connectivity index (χ0n) is 17.9. The van der Waals surface area contributed by atoms with Crippen LogP contribution in [-0.2, 0) is 9.59 Å². The molecule has 2 aliphatic heterocycles. The van der Waals surface area contributed by atoms with Crippen LogP contribution in [0.5, 0.6) is 0 Å². The van der Waals surface area contributed by atoms with Crippen LogP contribution in [-0.4, -0.2) is 49.4 Å². The standard InChI is InChI=1S/C24H34FN3O2/c25-22-16-21(28-14-5-9-24(28)30)10-11-23(22)26-13-4-6-19(17-26)12-15-27(18-29)20-7-2-1-3-8-20/h10-11,16,18-20H,1-9,12-15,17H2. The predicted octanol–water partition coefficient (Wildman–Crippen LogP) is 4.35. The fourth-order valence-corrected chi connectivity index (χ4v) is 5.43. The molecule has 0 radical (unpaired) electrons. The molecule has 6 heteroatoms. The van der Waals surface area contributed by atoms with Crippen molar-refractivity contribution in [3.63, 3.8) is 0 Å². The van der Waals surface area contributed by atoms with Gasteiger partial charge in [0.1, 0.15) is 5.82 Å². The summed E-state index contributed by atoms with van der Waals surface area (Å²) >= 11 is 0. The summed E-state index contributed by atoms with van der Waals surface area (Å²) in [6.45, 7) is 3.18. The van der Waals surface area contributed by atoms with Gasteiger partial charge >= 0.3 is 0 Å². The lowest BCUT2D eigenvalue weighted by Gasteiger charge is -2.37. The molecule has 30 heavy (non-hydrogen) atoms. The Morgan fingerprint density at radius 1 is 1.07 bits per heavy atom. The smallest absolute Gasteiger partial charge is 0.227 e. The van der Waals surface area contributed by atoms with Gasteiger partial charge in [0.2, 0.25) is 12.3 Å². The molecule has 2 amide bonds. The lowest BCUT2D eigenvalue weighted by molar-refractivity contribution is -0.121. The summed E-state index contributed by atoms with van der Waals surface area (Å²) in [5, 5.41) is 0. The summed E-state index contributed by atoms with van der Waals surface area (Å²) in [7, 11) is 0. The van der Waals surface area contributed by atoms with E-state index in [-0.39, 0.29) is 11.7 Å². The number of carbonyl (C=O) groups is 2. The Labute approximate surface area is 179 Å². The number of nitrogens with zero attached hydrogens (tertiary/aromatic N) is 3. The molecule has 2 heterocycles. The van der Waals surface area contributed by atoms with Crippen LogP contribution >= 0.6 is 0 Å². The van der Waals surface area contributed by atoms with Gasteiger partial charge in [-0.3, -0.25) is 9.59 Å². The number of halogens is 1. The SMILES string of the molecule is O=CN(CCC1CCCN(c2ccc(N3CCCC3=O)cc2F)C1)C1CCCCC1. The molecular weight excluding hydrogens is 381 g/mol. The van der Waals surface area contributed by atoms with Crippen molar-refractivity contribution in [2.24, 2.45) is 5.92 Å². The van der Waals surface area contributed by atoms with Gasteiger partial charge in [-0.1, -0.05) is 19.3 Å². The zero-order chi connectivity index (χ0) is 20.9. The molecule has 1 aromatic rings. The first-order chi connectivity index (χ1) is 14.7. The zero-order valence-corrected chi connectivity index (χ0v) is 17.9. The van der Waals surface area contributed by atoms with Crippen molar-refractivity contribution >= 4 is 23.7 Å². The molecule has 0 spiro atoms. The van der Waals surface area contributed by atoms with Crippen LogP contribution in [0.1, 0.15) is 64.2 Å².